The molecule has 12 heavy (non-hydrogen) atoms. The Bertz CT molecular complexity index is 169. The van der Waals surface area contributed by atoms with E-state index in [1.54, 1.807) is 0 Å². The molecule has 1 atom stereocenters. The van der Waals surface area contributed by atoms with Crippen LogP contribution in [0.1, 0.15) is 13.8 Å². The molecular weight excluding hydrogens is 184 g/mol. The Morgan fingerprint density at radius 1 is 1.50 bits per heavy atom. The van der Waals surface area contributed by atoms with Gasteiger partial charge in [0.1, 0.15) is 6.61 Å². The van der Waals surface area contributed by atoms with Crippen molar-refractivity contribution in [1.82, 2.24) is 0 Å². The number of esters is 2. The molecule has 0 aromatic heterocycles. The first-order valence-electron chi connectivity index (χ1n) is 3.47. The van der Waals surface area contributed by atoms with Crippen LogP contribution in [0.25, 0.3) is 0 Å². The summed E-state index contributed by atoms with van der Waals surface area (Å²) in [6.07, 6.45) is -0.856. The molecule has 0 saturated carbocycles. The first kappa shape index (κ1) is 11.2. The molecular formula is C7H11ClO4. The van der Waals surface area contributed by atoms with Crippen LogP contribution in [0.3, 0.4) is 0 Å². The van der Waals surface area contributed by atoms with Crippen molar-refractivity contribution in [3.63, 3.8) is 0 Å². The number of alkyl halides is 1. The van der Waals surface area contributed by atoms with Crippen molar-refractivity contribution in [3.8, 4) is 0 Å². The summed E-state index contributed by atoms with van der Waals surface area (Å²) < 4.78 is 9.16. The first-order valence-corrected chi connectivity index (χ1v) is 4.01. The number of carbonyl (C=O) groups excluding carboxylic acids is 2. The highest BCUT2D eigenvalue weighted by Crippen LogP contribution is 1.95. The van der Waals surface area contributed by atoms with Gasteiger partial charge in [-0.2, -0.15) is 0 Å². The van der Waals surface area contributed by atoms with Crippen molar-refractivity contribution in [2.24, 2.45) is 0 Å². The van der Waals surface area contributed by atoms with Crippen LogP contribution in [0.4, 0.5) is 0 Å². The van der Waals surface area contributed by atoms with Gasteiger partial charge in [-0.05, 0) is 6.92 Å². The Morgan fingerprint density at radius 2 is 2.08 bits per heavy atom. The van der Waals surface area contributed by atoms with E-state index in [4.69, 9.17) is 11.6 Å². The summed E-state index contributed by atoms with van der Waals surface area (Å²) in [6.45, 7) is 2.80. The van der Waals surface area contributed by atoms with E-state index < -0.39 is 18.0 Å². The van der Waals surface area contributed by atoms with Crippen molar-refractivity contribution in [2.75, 3.05) is 12.5 Å². The summed E-state index contributed by atoms with van der Waals surface area (Å²) in [7, 11) is 0. The van der Waals surface area contributed by atoms with Crippen molar-refractivity contribution in [3.05, 3.63) is 0 Å². The maximum atomic E-state index is 10.9. The maximum absolute atomic E-state index is 10.9. The number of hydrogen-bond acceptors (Lipinski definition) is 4. The minimum absolute atomic E-state index is 0.131. The summed E-state index contributed by atoms with van der Waals surface area (Å²) in [6, 6.07) is 0. The van der Waals surface area contributed by atoms with E-state index >= 15 is 0 Å². The Morgan fingerprint density at radius 3 is 2.50 bits per heavy atom. The second-order valence-corrected chi connectivity index (χ2v) is 2.49. The van der Waals surface area contributed by atoms with E-state index in [0.29, 0.717) is 0 Å². The average Bonchev–Trinajstić information content (AvgIpc) is 1.98. The lowest BCUT2D eigenvalue weighted by atomic mass is 10.4. The second kappa shape index (κ2) is 5.83. The molecule has 0 aliphatic rings. The van der Waals surface area contributed by atoms with Gasteiger partial charge < -0.3 is 9.47 Å². The zero-order valence-electron chi connectivity index (χ0n) is 7.00. The predicted molar refractivity (Wildman–Crippen MR) is 42.9 cm³/mol. The molecule has 0 radical (unpaired) electrons. The van der Waals surface area contributed by atoms with Crippen LogP contribution in [0, 0.1) is 0 Å². The van der Waals surface area contributed by atoms with E-state index in [0.717, 1.165) is 0 Å². The number of ether oxygens (including phenoxy) is 2. The summed E-state index contributed by atoms with van der Waals surface area (Å²) in [5.74, 6) is -0.852. The smallest absolute Gasteiger partial charge is 0.347 e. The monoisotopic (exact) mass is 194 g/mol. The molecule has 0 saturated heterocycles. The standard InChI is InChI=1S/C7H11ClO4/c1-5(12-6(2)9)7(10)11-4-3-8/h5H,3-4H2,1-2H3. The van der Waals surface area contributed by atoms with E-state index in [2.05, 4.69) is 9.47 Å². The van der Waals surface area contributed by atoms with Crippen LogP contribution in [0.15, 0.2) is 0 Å². The predicted octanol–water partition coefficient (Wildman–Crippen LogP) is 0.720. The molecule has 0 aliphatic heterocycles. The molecule has 0 heterocycles. The Labute approximate surface area is 75.8 Å². The second-order valence-electron chi connectivity index (χ2n) is 2.11. The zero-order valence-corrected chi connectivity index (χ0v) is 7.76. The minimum atomic E-state index is -0.856. The largest absolute Gasteiger partial charge is 0.462 e. The fourth-order valence-electron chi connectivity index (χ4n) is 0.554. The van der Waals surface area contributed by atoms with Gasteiger partial charge in [0.2, 0.25) is 0 Å². The molecule has 4 nitrogen and oxygen atoms in total. The Hall–Kier alpha value is -0.770. The highest BCUT2D eigenvalue weighted by molar-refractivity contribution is 6.18. The van der Waals surface area contributed by atoms with Gasteiger partial charge >= 0.3 is 11.9 Å². The van der Waals surface area contributed by atoms with Gasteiger partial charge in [0.25, 0.3) is 0 Å². The van der Waals surface area contributed by atoms with Crippen LogP contribution in [-0.4, -0.2) is 30.5 Å². The number of rotatable bonds is 4. The number of carbonyl (C=O) groups is 2. The summed E-state index contributed by atoms with van der Waals surface area (Å²) >= 11 is 5.27. The fraction of sp³-hybridized carbons (Fsp3) is 0.714. The van der Waals surface area contributed by atoms with Gasteiger partial charge in [-0.3, -0.25) is 4.79 Å². The molecule has 70 valence electrons. The lowest BCUT2D eigenvalue weighted by Crippen LogP contribution is -2.25. The summed E-state index contributed by atoms with van der Waals surface area (Å²) in [5, 5.41) is 0. The number of halogens is 1. The van der Waals surface area contributed by atoms with Crippen LogP contribution >= 0.6 is 11.6 Å². The van der Waals surface area contributed by atoms with Gasteiger partial charge in [-0.25, -0.2) is 4.79 Å². The Kier molecular flexibility index (Phi) is 5.45. The molecule has 0 aromatic rings. The molecule has 0 spiro atoms. The normalized spacial score (nSPS) is 11.9. The van der Waals surface area contributed by atoms with Gasteiger partial charge in [0, 0.05) is 6.92 Å². The van der Waals surface area contributed by atoms with Crippen LogP contribution in [0.5, 0.6) is 0 Å². The highest BCUT2D eigenvalue weighted by Gasteiger charge is 2.16. The highest BCUT2D eigenvalue weighted by atomic mass is 35.5. The molecule has 5 heteroatoms. The molecule has 1 unspecified atom stereocenters. The summed E-state index contributed by atoms with van der Waals surface area (Å²) in [4.78, 5) is 21.3. The Balaban J connectivity index is 3.69. The van der Waals surface area contributed by atoms with Crippen LogP contribution in [0.2, 0.25) is 0 Å². The topological polar surface area (TPSA) is 52.6 Å². The SMILES string of the molecule is CC(=O)OC(C)C(=O)OCCCl. The molecule has 0 N–H and O–H groups in total. The van der Waals surface area contributed by atoms with Gasteiger partial charge in [0.15, 0.2) is 6.10 Å². The lowest BCUT2D eigenvalue weighted by Gasteiger charge is -2.09. The van der Waals surface area contributed by atoms with E-state index in [1.807, 2.05) is 0 Å². The zero-order chi connectivity index (χ0) is 9.56. The molecule has 0 rings (SSSR count). The molecule has 0 bridgehead atoms. The third-order valence-corrected chi connectivity index (χ3v) is 1.15. The van der Waals surface area contributed by atoms with Gasteiger partial charge in [-0.15, -0.1) is 11.6 Å². The number of hydrogen-bond donors (Lipinski definition) is 0. The van der Waals surface area contributed by atoms with E-state index in [-0.39, 0.29) is 12.5 Å². The third-order valence-electron chi connectivity index (χ3n) is 0.996. The van der Waals surface area contributed by atoms with Crippen LogP contribution < -0.4 is 0 Å². The molecule has 0 aromatic carbocycles. The van der Waals surface area contributed by atoms with E-state index in [1.165, 1.54) is 13.8 Å². The van der Waals surface area contributed by atoms with Gasteiger partial charge in [0.05, 0.1) is 5.88 Å². The van der Waals surface area contributed by atoms with Crippen molar-refractivity contribution in [1.29, 1.82) is 0 Å². The van der Waals surface area contributed by atoms with Gasteiger partial charge in [-0.1, -0.05) is 0 Å². The van der Waals surface area contributed by atoms with Crippen molar-refractivity contribution in [2.45, 2.75) is 20.0 Å². The van der Waals surface area contributed by atoms with Crippen LogP contribution in [-0.2, 0) is 19.1 Å². The third kappa shape index (κ3) is 4.96. The first-order chi connectivity index (χ1) is 5.57. The molecule has 0 fully saturated rings. The minimum Gasteiger partial charge on any atom is -0.462 e. The average molecular weight is 195 g/mol. The van der Waals surface area contributed by atoms with Crippen molar-refractivity contribution < 1.29 is 19.1 Å². The summed E-state index contributed by atoms with van der Waals surface area (Å²) in [5.41, 5.74) is 0. The lowest BCUT2D eigenvalue weighted by molar-refractivity contribution is -0.164. The maximum Gasteiger partial charge on any atom is 0.347 e. The molecule has 0 aliphatic carbocycles. The van der Waals surface area contributed by atoms with E-state index in [9.17, 15) is 9.59 Å². The molecule has 0 amide bonds. The quantitative estimate of drug-likeness (QED) is 0.489. The fourth-order valence-corrected chi connectivity index (χ4v) is 0.631. The van der Waals surface area contributed by atoms with Crippen molar-refractivity contribution >= 4 is 23.5 Å².